The molecule has 1 aliphatic carbocycles. The highest BCUT2D eigenvalue weighted by molar-refractivity contribution is 5.95. The summed E-state index contributed by atoms with van der Waals surface area (Å²) >= 11 is 0. The minimum atomic E-state index is 0.0663. The molecule has 1 aliphatic rings. The van der Waals surface area contributed by atoms with Gasteiger partial charge in [0.05, 0.1) is 7.11 Å². The van der Waals surface area contributed by atoms with E-state index in [2.05, 4.69) is 10.3 Å². The maximum absolute atomic E-state index is 12.1. The quantitative estimate of drug-likeness (QED) is 0.927. The highest BCUT2D eigenvalue weighted by Crippen LogP contribution is 2.48. The molecule has 2 aromatic rings. The minimum Gasteiger partial charge on any atom is -0.497 e. The number of amides is 1. The summed E-state index contributed by atoms with van der Waals surface area (Å²) < 4.78 is 5.14. The van der Waals surface area contributed by atoms with Gasteiger partial charge in [0.2, 0.25) is 5.91 Å². The van der Waals surface area contributed by atoms with E-state index in [1.54, 1.807) is 31.6 Å². The fraction of sp³-hybridized carbons (Fsp3) is 0.250. The number of nitrogens with one attached hydrogen (secondary N) is 1. The highest BCUT2D eigenvalue weighted by Gasteiger charge is 2.43. The Labute approximate surface area is 117 Å². The molecule has 1 fully saturated rings. The fourth-order valence-corrected chi connectivity index (χ4v) is 2.37. The van der Waals surface area contributed by atoms with E-state index in [-0.39, 0.29) is 11.8 Å². The smallest absolute Gasteiger partial charge is 0.228 e. The molecule has 1 aromatic heterocycles. The zero-order valence-corrected chi connectivity index (χ0v) is 11.2. The number of ether oxygens (including phenoxy) is 1. The summed E-state index contributed by atoms with van der Waals surface area (Å²) in [4.78, 5) is 16.1. The lowest BCUT2D eigenvalue weighted by Crippen LogP contribution is -2.14. The van der Waals surface area contributed by atoms with E-state index in [1.807, 2.05) is 24.3 Å². The van der Waals surface area contributed by atoms with E-state index in [1.165, 1.54) is 5.56 Å². The average Bonchev–Trinajstić information content (AvgIpc) is 3.29. The molecule has 0 spiro atoms. The van der Waals surface area contributed by atoms with Gasteiger partial charge in [0.25, 0.3) is 0 Å². The second kappa shape index (κ2) is 5.33. The number of carbonyl (C=O) groups is 1. The van der Waals surface area contributed by atoms with Gasteiger partial charge in [-0.05, 0) is 42.2 Å². The molecule has 4 nitrogen and oxygen atoms in total. The topological polar surface area (TPSA) is 51.2 Å². The molecule has 0 aliphatic heterocycles. The van der Waals surface area contributed by atoms with E-state index in [4.69, 9.17) is 4.74 Å². The Kier molecular flexibility index (Phi) is 3.37. The molecule has 2 unspecified atom stereocenters. The van der Waals surface area contributed by atoms with Crippen molar-refractivity contribution in [1.82, 2.24) is 4.98 Å². The van der Waals surface area contributed by atoms with Crippen LogP contribution in [0.4, 0.5) is 5.69 Å². The number of benzene rings is 1. The largest absolute Gasteiger partial charge is 0.497 e. The number of aromatic nitrogens is 1. The SMILES string of the molecule is COc1ccc(C2CC2C(=O)Nc2ccncc2)cc1. The number of carbonyl (C=O) groups excluding carboxylic acids is 1. The molecular formula is C16H16N2O2. The molecule has 1 heterocycles. The van der Waals surface area contributed by atoms with Gasteiger partial charge in [-0.15, -0.1) is 0 Å². The summed E-state index contributed by atoms with van der Waals surface area (Å²) in [5, 5.41) is 2.92. The van der Waals surface area contributed by atoms with Gasteiger partial charge in [-0.2, -0.15) is 0 Å². The third-order valence-electron chi connectivity index (χ3n) is 3.62. The van der Waals surface area contributed by atoms with Gasteiger partial charge in [0.15, 0.2) is 0 Å². The molecule has 20 heavy (non-hydrogen) atoms. The monoisotopic (exact) mass is 268 g/mol. The van der Waals surface area contributed by atoms with Crippen molar-refractivity contribution in [1.29, 1.82) is 0 Å². The van der Waals surface area contributed by atoms with Crippen molar-refractivity contribution < 1.29 is 9.53 Å². The molecule has 0 bridgehead atoms. The van der Waals surface area contributed by atoms with Crippen LogP contribution in [0.25, 0.3) is 0 Å². The molecule has 4 heteroatoms. The number of rotatable bonds is 4. The van der Waals surface area contributed by atoms with Gasteiger partial charge in [-0.3, -0.25) is 9.78 Å². The summed E-state index contributed by atoms with van der Waals surface area (Å²) in [5.74, 6) is 1.31. The van der Waals surface area contributed by atoms with Crippen LogP contribution in [0, 0.1) is 5.92 Å². The summed E-state index contributed by atoms with van der Waals surface area (Å²) in [6, 6.07) is 11.5. The maximum atomic E-state index is 12.1. The van der Waals surface area contributed by atoms with E-state index < -0.39 is 0 Å². The molecule has 0 saturated heterocycles. The molecule has 1 N–H and O–H groups in total. The van der Waals surface area contributed by atoms with Crippen LogP contribution in [-0.4, -0.2) is 18.0 Å². The maximum Gasteiger partial charge on any atom is 0.228 e. The molecule has 3 rings (SSSR count). The molecule has 1 saturated carbocycles. The van der Waals surface area contributed by atoms with Crippen molar-refractivity contribution in [2.45, 2.75) is 12.3 Å². The Hall–Kier alpha value is -2.36. The Morgan fingerprint density at radius 3 is 2.55 bits per heavy atom. The van der Waals surface area contributed by atoms with Gasteiger partial charge in [-0.1, -0.05) is 12.1 Å². The normalized spacial score (nSPS) is 20.2. The second-order valence-electron chi connectivity index (χ2n) is 4.95. The van der Waals surface area contributed by atoms with Crippen LogP contribution < -0.4 is 10.1 Å². The van der Waals surface area contributed by atoms with Gasteiger partial charge in [0.1, 0.15) is 5.75 Å². The van der Waals surface area contributed by atoms with Gasteiger partial charge in [-0.25, -0.2) is 0 Å². The Morgan fingerprint density at radius 1 is 1.20 bits per heavy atom. The highest BCUT2D eigenvalue weighted by atomic mass is 16.5. The molecule has 0 radical (unpaired) electrons. The van der Waals surface area contributed by atoms with Crippen LogP contribution in [-0.2, 0) is 4.79 Å². The second-order valence-corrected chi connectivity index (χ2v) is 4.95. The van der Waals surface area contributed by atoms with E-state index in [9.17, 15) is 4.79 Å². The predicted octanol–water partition coefficient (Wildman–Crippen LogP) is 2.83. The standard InChI is InChI=1S/C16H16N2O2/c1-20-13-4-2-11(3-5-13)14-10-15(14)16(19)18-12-6-8-17-9-7-12/h2-9,14-15H,10H2,1H3,(H,17,18,19). The summed E-state index contributed by atoms with van der Waals surface area (Å²) in [7, 11) is 1.65. The van der Waals surface area contributed by atoms with Crippen molar-refractivity contribution in [2.24, 2.45) is 5.92 Å². The lowest BCUT2D eigenvalue weighted by atomic mass is 10.1. The first-order valence-electron chi connectivity index (χ1n) is 6.63. The van der Waals surface area contributed by atoms with Crippen LogP contribution in [0.5, 0.6) is 5.75 Å². The van der Waals surface area contributed by atoms with Crippen molar-refractivity contribution in [3.8, 4) is 5.75 Å². The number of hydrogen-bond donors (Lipinski definition) is 1. The first-order chi connectivity index (χ1) is 9.78. The van der Waals surface area contributed by atoms with Crippen LogP contribution >= 0.6 is 0 Å². The Balaban J connectivity index is 1.62. The zero-order chi connectivity index (χ0) is 13.9. The zero-order valence-electron chi connectivity index (χ0n) is 11.2. The number of anilines is 1. The predicted molar refractivity (Wildman–Crippen MR) is 76.7 cm³/mol. The average molecular weight is 268 g/mol. The number of methoxy groups -OCH3 is 1. The van der Waals surface area contributed by atoms with Crippen LogP contribution in [0.2, 0.25) is 0 Å². The van der Waals surface area contributed by atoms with Crippen molar-refractivity contribution in [3.63, 3.8) is 0 Å². The van der Waals surface area contributed by atoms with Gasteiger partial charge < -0.3 is 10.1 Å². The van der Waals surface area contributed by atoms with Crippen LogP contribution in [0.1, 0.15) is 17.9 Å². The number of pyridine rings is 1. The van der Waals surface area contributed by atoms with E-state index in [0.29, 0.717) is 5.92 Å². The summed E-state index contributed by atoms with van der Waals surface area (Å²) in [6.07, 6.45) is 4.25. The van der Waals surface area contributed by atoms with Gasteiger partial charge >= 0.3 is 0 Å². The van der Waals surface area contributed by atoms with Crippen LogP contribution in [0.3, 0.4) is 0 Å². The Bertz CT molecular complexity index is 596. The first-order valence-corrected chi connectivity index (χ1v) is 6.63. The van der Waals surface area contributed by atoms with E-state index in [0.717, 1.165) is 17.9 Å². The van der Waals surface area contributed by atoms with E-state index >= 15 is 0 Å². The molecule has 102 valence electrons. The Morgan fingerprint density at radius 2 is 1.90 bits per heavy atom. The first kappa shape index (κ1) is 12.7. The molecule has 2 atom stereocenters. The third-order valence-corrected chi connectivity index (χ3v) is 3.62. The summed E-state index contributed by atoms with van der Waals surface area (Å²) in [6.45, 7) is 0. The lowest BCUT2D eigenvalue weighted by Gasteiger charge is -2.05. The van der Waals surface area contributed by atoms with Crippen molar-refractivity contribution >= 4 is 11.6 Å². The third kappa shape index (κ3) is 2.64. The number of nitrogens with zero attached hydrogens (tertiary/aromatic N) is 1. The van der Waals surface area contributed by atoms with Crippen molar-refractivity contribution in [3.05, 3.63) is 54.4 Å². The summed E-state index contributed by atoms with van der Waals surface area (Å²) in [5.41, 5.74) is 1.99. The number of hydrogen-bond acceptors (Lipinski definition) is 3. The fourth-order valence-electron chi connectivity index (χ4n) is 2.37. The molecular weight excluding hydrogens is 252 g/mol. The molecule has 1 aromatic carbocycles. The van der Waals surface area contributed by atoms with Gasteiger partial charge in [0, 0.05) is 24.0 Å². The molecule has 1 amide bonds. The lowest BCUT2D eigenvalue weighted by molar-refractivity contribution is -0.117. The van der Waals surface area contributed by atoms with Crippen molar-refractivity contribution in [2.75, 3.05) is 12.4 Å². The van der Waals surface area contributed by atoms with Crippen LogP contribution in [0.15, 0.2) is 48.8 Å². The minimum absolute atomic E-state index is 0.0663.